The Hall–Kier alpha value is -1.11. The number of hydrogen-bond acceptors (Lipinski definition) is 1. The first-order valence-corrected chi connectivity index (χ1v) is 2.68. The van der Waals surface area contributed by atoms with Crippen LogP contribution in [0.15, 0.2) is 24.3 Å². The zero-order valence-electron chi connectivity index (χ0n) is 7.22. The third kappa shape index (κ3) is 1.39. The molecule has 0 aliphatic rings. The van der Waals surface area contributed by atoms with E-state index in [1.165, 1.54) is 0 Å². The molecule has 0 N–H and O–H groups in total. The Balaban J connectivity index is 2.83. The monoisotopic (exact) mass is 123 g/mol. The molecule has 0 spiro atoms. The predicted molar refractivity (Wildman–Crippen MR) is 37.5 cm³/mol. The first-order chi connectivity index (χ1) is 5.24. The third-order valence-corrected chi connectivity index (χ3v) is 1.09. The molecule has 1 aromatic carbocycles. The molecule has 1 aromatic rings. The van der Waals surface area contributed by atoms with Crippen LogP contribution in [0.25, 0.3) is 0 Å². The molecule has 0 saturated heterocycles. The van der Waals surface area contributed by atoms with Crippen LogP contribution in [0.5, 0.6) is 5.75 Å². The fourth-order valence-electron chi connectivity index (χ4n) is 0.591. The maximum Gasteiger partial charge on any atom is 0.145 e. The molecule has 0 bridgehead atoms. The SMILES string of the molecule is [2H][C+]([2H])c1ccc(OC)cc1. The normalized spacial score (nSPS) is 11.7. The second kappa shape index (κ2) is 2.44. The third-order valence-electron chi connectivity index (χ3n) is 1.09. The molecule has 0 aliphatic carbocycles. The zero-order valence-corrected chi connectivity index (χ0v) is 5.22. The van der Waals surface area contributed by atoms with Crippen LogP contribution in [-0.2, 0) is 0 Å². The Morgan fingerprint density at radius 1 is 1.44 bits per heavy atom. The van der Waals surface area contributed by atoms with Crippen molar-refractivity contribution in [2.75, 3.05) is 7.11 Å². The van der Waals surface area contributed by atoms with Crippen molar-refractivity contribution in [2.24, 2.45) is 0 Å². The van der Waals surface area contributed by atoms with Gasteiger partial charge in [0.05, 0.1) is 7.11 Å². The van der Waals surface area contributed by atoms with Gasteiger partial charge in [-0.05, 0) is 0 Å². The van der Waals surface area contributed by atoms with Crippen molar-refractivity contribution in [2.45, 2.75) is 0 Å². The highest BCUT2D eigenvalue weighted by molar-refractivity contribution is 5.28. The molecule has 0 fully saturated rings. The molecule has 1 heteroatoms. The zero-order chi connectivity index (χ0) is 8.27. The van der Waals surface area contributed by atoms with Crippen LogP contribution in [-0.4, -0.2) is 7.11 Å². The van der Waals surface area contributed by atoms with E-state index in [4.69, 9.17) is 7.48 Å². The minimum absolute atomic E-state index is 0.173. The fourth-order valence-corrected chi connectivity index (χ4v) is 0.591. The molecule has 9 heavy (non-hydrogen) atoms. The summed E-state index contributed by atoms with van der Waals surface area (Å²) in [7, 11) is 1.58. The standard InChI is InChI=1S/C8H9O/c1-7-3-5-8(9-2)6-4-7/h3-6H,1H2,2H3/q+1/i1D2. The average Bonchev–Trinajstić information content (AvgIpc) is 2.05. The van der Waals surface area contributed by atoms with E-state index < -0.39 is 0 Å². The van der Waals surface area contributed by atoms with Crippen molar-refractivity contribution >= 4 is 0 Å². The molecule has 1 rings (SSSR count). The minimum Gasteiger partial charge on any atom is -0.494 e. The Bertz CT molecular complexity index is 218. The van der Waals surface area contributed by atoms with Gasteiger partial charge in [0, 0.05) is 31.1 Å². The quantitative estimate of drug-likeness (QED) is 0.545. The lowest BCUT2D eigenvalue weighted by Crippen LogP contribution is -1.80. The van der Waals surface area contributed by atoms with Crippen molar-refractivity contribution in [3.05, 3.63) is 36.7 Å². The van der Waals surface area contributed by atoms with E-state index >= 15 is 0 Å². The molecule has 0 unspecified atom stereocenters. The maximum absolute atomic E-state index is 6.99. The minimum atomic E-state index is -0.173. The van der Waals surface area contributed by atoms with E-state index in [1.807, 2.05) is 0 Å². The fraction of sp³-hybridized carbons (Fsp3) is 0.125. The summed E-state index contributed by atoms with van der Waals surface area (Å²) >= 11 is 0. The predicted octanol–water partition coefficient (Wildman–Crippen LogP) is 1.88. The molecule has 46 valence electrons. The Labute approximate surface area is 58.1 Å². The average molecular weight is 123 g/mol. The summed E-state index contributed by atoms with van der Waals surface area (Å²) in [6, 6.07) is 6.85. The first kappa shape index (κ1) is 3.83. The summed E-state index contributed by atoms with van der Waals surface area (Å²) in [5, 5.41) is 0. The Morgan fingerprint density at radius 2 is 2.11 bits per heavy atom. The van der Waals surface area contributed by atoms with Gasteiger partial charge in [-0.25, -0.2) is 0 Å². The summed E-state index contributed by atoms with van der Waals surface area (Å²) in [6.07, 6.45) is 0. The van der Waals surface area contributed by atoms with Gasteiger partial charge >= 0.3 is 0 Å². The lowest BCUT2D eigenvalue weighted by molar-refractivity contribution is 0.415. The summed E-state index contributed by atoms with van der Waals surface area (Å²) in [5.41, 5.74) is 0.603. The largest absolute Gasteiger partial charge is 0.494 e. The van der Waals surface area contributed by atoms with Crippen LogP contribution in [0.4, 0.5) is 0 Å². The number of rotatable bonds is 2. The Morgan fingerprint density at radius 3 is 2.56 bits per heavy atom. The first-order valence-electron chi connectivity index (χ1n) is 3.68. The van der Waals surface area contributed by atoms with Crippen molar-refractivity contribution in [3.63, 3.8) is 0 Å². The van der Waals surface area contributed by atoms with Crippen LogP contribution < -0.4 is 4.74 Å². The van der Waals surface area contributed by atoms with Crippen molar-refractivity contribution in [1.82, 2.24) is 0 Å². The van der Waals surface area contributed by atoms with E-state index in [9.17, 15) is 0 Å². The van der Waals surface area contributed by atoms with Crippen molar-refractivity contribution in [1.29, 1.82) is 0 Å². The van der Waals surface area contributed by atoms with Crippen LogP contribution in [0.1, 0.15) is 8.30 Å². The topological polar surface area (TPSA) is 9.23 Å². The van der Waals surface area contributed by atoms with Crippen LogP contribution in [0.3, 0.4) is 0 Å². The van der Waals surface area contributed by atoms with E-state index in [2.05, 4.69) is 0 Å². The molecule has 0 heterocycles. The molecule has 0 aromatic heterocycles. The van der Waals surface area contributed by atoms with Gasteiger partial charge in [0.15, 0.2) is 0 Å². The molecule has 0 atom stereocenters. The highest BCUT2D eigenvalue weighted by Crippen LogP contribution is 2.09. The Kier molecular flexibility index (Phi) is 1.04. The van der Waals surface area contributed by atoms with Crippen molar-refractivity contribution in [3.8, 4) is 5.75 Å². The van der Waals surface area contributed by atoms with Gasteiger partial charge in [0.25, 0.3) is 0 Å². The summed E-state index contributed by atoms with van der Waals surface area (Å²) < 4.78 is 18.9. The molecule has 0 saturated carbocycles. The van der Waals surface area contributed by atoms with Gasteiger partial charge in [-0.3, -0.25) is 0 Å². The molecule has 0 aliphatic heterocycles. The van der Waals surface area contributed by atoms with E-state index in [-0.39, 0.29) is 6.88 Å². The molecular formula is C8H9O+. The van der Waals surface area contributed by atoms with E-state index in [0.717, 1.165) is 5.75 Å². The lowest BCUT2D eigenvalue weighted by Gasteiger charge is -1.92. The summed E-state index contributed by atoms with van der Waals surface area (Å²) in [6.45, 7) is -0.173. The summed E-state index contributed by atoms with van der Waals surface area (Å²) in [4.78, 5) is 0. The smallest absolute Gasteiger partial charge is 0.145 e. The number of hydrogen-bond donors (Lipinski definition) is 0. The second-order valence-electron chi connectivity index (χ2n) is 1.73. The molecule has 1 nitrogen and oxygen atoms in total. The highest BCUT2D eigenvalue weighted by Gasteiger charge is 1.93. The number of methoxy groups -OCH3 is 1. The molecule has 0 radical (unpaired) electrons. The van der Waals surface area contributed by atoms with Gasteiger partial charge < -0.3 is 4.74 Å². The van der Waals surface area contributed by atoms with Gasteiger partial charge in [-0.1, -0.05) is 0 Å². The number of ether oxygens (including phenoxy) is 1. The van der Waals surface area contributed by atoms with E-state index in [0.29, 0.717) is 5.56 Å². The maximum atomic E-state index is 6.99. The summed E-state index contributed by atoms with van der Waals surface area (Å²) in [5.74, 6) is 0.745. The second-order valence-corrected chi connectivity index (χ2v) is 1.73. The van der Waals surface area contributed by atoms with Gasteiger partial charge in [0.2, 0.25) is 0 Å². The van der Waals surface area contributed by atoms with Gasteiger partial charge in [-0.15, -0.1) is 0 Å². The van der Waals surface area contributed by atoms with Gasteiger partial charge in [-0.2, -0.15) is 0 Å². The molecule has 0 amide bonds. The van der Waals surface area contributed by atoms with E-state index in [1.54, 1.807) is 31.4 Å². The van der Waals surface area contributed by atoms with Crippen molar-refractivity contribution < 1.29 is 7.48 Å². The van der Waals surface area contributed by atoms with Crippen LogP contribution in [0, 0.1) is 6.88 Å². The lowest BCUT2D eigenvalue weighted by atomic mass is 10.2. The highest BCUT2D eigenvalue weighted by atomic mass is 16.5. The van der Waals surface area contributed by atoms with Gasteiger partial charge in [0.1, 0.15) is 14.1 Å². The number of benzene rings is 1. The molecular weight excluding hydrogens is 112 g/mol. The van der Waals surface area contributed by atoms with Crippen LogP contribution in [0.2, 0.25) is 0 Å². The van der Waals surface area contributed by atoms with Crippen LogP contribution >= 0.6 is 0 Å².